The summed E-state index contributed by atoms with van der Waals surface area (Å²) in [7, 11) is 0. The summed E-state index contributed by atoms with van der Waals surface area (Å²) < 4.78 is 0. The second-order valence-electron chi connectivity index (χ2n) is 4.37. The molecule has 0 aliphatic heterocycles. The minimum Gasteiger partial charge on any atom is -0.507 e. The second kappa shape index (κ2) is 3.83. The molecule has 0 aromatic heterocycles. The van der Waals surface area contributed by atoms with Crippen LogP contribution in [-0.2, 0) is 0 Å². The number of aliphatic hydroxyl groups excluding tert-OH is 1. The SMILES string of the molecule is Cc1cccc([C@@H](N)[C@@H](O)C2CC2)c1O. The van der Waals surface area contributed by atoms with Crippen LogP contribution in [0, 0.1) is 12.8 Å². The van der Waals surface area contributed by atoms with Gasteiger partial charge < -0.3 is 15.9 Å². The van der Waals surface area contributed by atoms with Crippen LogP contribution in [-0.4, -0.2) is 16.3 Å². The maximum absolute atomic E-state index is 9.89. The van der Waals surface area contributed by atoms with E-state index in [4.69, 9.17) is 5.73 Å². The zero-order chi connectivity index (χ0) is 11.0. The lowest BCUT2D eigenvalue weighted by Crippen LogP contribution is -2.28. The normalized spacial score (nSPS) is 19.9. The third-order valence-electron chi connectivity index (χ3n) is 3.10. The first-order valence-corrected chi connectivity index (χ1v) is 5.33. The summed E-state index contributed by atoms with van der Waals surface area (Å²) in [6.45, 7) is 1.83. The van der Waals surface area contributed by atoms with Gasteiger partial charge in [0.15, 0.2) is 0 Å². The molecule has 3 nitrogen and oxygen atoms in total. The molecule has 1 aliphatic carbocycles. The second-order valence-corrected chi connectivity index (χ2v) is 4.37. The molecule has 1 saturated carbocycles. The monoisotopic (exact) mass is 207 g/mol. The lowest BCUT2D eigenvalue weighted by atomic mass is 9.96. The molecule has 2 rings (SSSR count). The van der Waals surface area contributed by atoms with Gasteiger partial charge in [-0.05, 0) is 31.2 Å². The Morgan fingerprint density at radius 1 is 1.40 bits per heavy atom. The van der Waals surface area contributed by atoms with Gasteiger partial charge in [0.25, 0.3) is 0 Å². The fourth-order valence-corrected chi connectivity index (χ4v) is 1.87. The van der Waals surface area contributed by atoms with E-state index in [1.807, 2.05) is 19.1 Å². The Bertz CT molecular complexity index is 361. The number of aryl methyl sites for hydroxylation is 1. The number of hydrogen-bond acceptors (Lipinski definition) is 3. The summed E-state index contributed by atoms with van der Waals surface area (Å²) in [6, 6.07) is 4.98. The largest absolute Gasteiger partial charge is 0.507 e. The third-order valence-corrected chi connectivity index (χ3v) is 3.10. The van der Waals surface area contributed by atoms with Crippen LogP contribution in [0.5, 0.6) is 5.75 Å². The topological polar surface area (TPSA) is 66.5 Å². The summed E-state index contributed by atoms with van der Waals surface area (Å²) in [5.74, 6) is 0.532. The van der Waals surface area contributed by atoms with Gasteiger partial charge in [0.1, 0.15) is 5.75 Å². The molecule has 0 amide bonds. The molecular weight excluding hydrogens is 190 g/mol. The first kappa shape index (κ1) is 10.5. The van der Waals surface area contributed by atoms with Crippen LogP contribution in [0.1, 0.15) is 30.0 Å². The molecule has 0 unspecified atom stereocenters. The Morgan fingerprint density at radius 2 is 2.07 bits per heavy atom. The number of rotatable bonds is 3. The highest BCUT2D eigenvalue weighted by Gasteiger charge is 2.35. The average Bonchev–Trinajstić information content (AvgIpc) is 3.03. The zero-order valence-electron chi connectivity index (χ0n) is 8.85. The van der Waals surface area contributed by atoms with Gasteiger partial charge in [0.05, 0.1) is 12.1 Å². The maximum Gasteiger partial charge on any atom is 0.123 e. The number of aromatic hydroxyl groups is 1. The molecule has 0 radical (unpaired) electrons. The summed E-state index contributed by atoms with van der Waals surface area (Å²) in [4.78, 5) is 0. The van der Waals surface area contributed by atoms with E-state index < -0.39 is 12.1 Å². The Kier molecular flexibility index (Phi) is 2.67. The van der Waals surface area contributed by atoms with Crippen molar-refractivity contribution in [1.82, 2.24) is 0 Å². The molecule has 82 valence electrons. The summed E-state index contributed by atoms with van der Waals surface area (Å²) >= 11 is 0. The Balaban J connectivity index is 2.24. The van der Waals surface area contributed by atoms with Crippen molar-refractivity contribution in [1.29, 1.82) is 0 Å². The molecule has 1 aliphatic rings. The number of nitrogens with two attached hydrogens (primary N) is 1. The molecule has 0 bridgehead atoms. The van der Waals surface area contributed by atoms with Gasteiger partial charge in [0.2, 0.25) is 0 Å². The molecule has 0 saturated heterocycles. The van der Waals surface area contributed by atoms with Crippen LogP contribution >= 0.6 is 0 Å². The minimum atomic E-state index is -0.530. The average molecular weight is 207 g/mol. The molecule has 0 spiro atoms. The van der Waals surface area contributed by atoms with Crippen molar-refractivity contribution in [3.8, 4) is 5.75 Å². The highest BCUT2D eigenvalue weighted by atomic mass is 16.3. The Hall–Kier alpha value is -1.06. The van der Waals surface area contributed by atoms with Gasteiger partial charge in [-0.15, -0.1) is 0 Å². The van der Waals surface area contributed by atoms with Gasteiger partial charge in [-0.1, -0.05) is 18.2 Å². The quantitative estimate of drug-likeness (QED) is 0.703. The number of phenols is 1. The molecule has 1 aromatic rings. The highest BCUT2D eigenvalue weighted by molar-refractivity contribution is 5.41. The molecular formula is C12H17NO2. The summed E-state index contributed by atoms with van der Waals surface area (Å²) in [5.41, 5.74) is 7.38. The van der Waals surface area contributed by atoms with Crippen molar-refractivity contribution < 1.29 is 10.2 Å². The van der Waals surface area contributed by atoms with Crippen molar-refractivity contribution in [2.75, 3.05) is 0 Å². The predicted molar refractivity (Wildman–Crippen MR) is 58.5 cm³/mol. The number of phenolic OH excluding ortho intramolecular Hbond substituents is 1. The van der Waals surface area contributed by atoms with Crippen LogP contribution in [0.15, 0.2) is 18.2 Å². The molecule has 1 aromatic carbocycles. The van der Waals surface area contributed by atoms with E-state index in [1.165, 1.54) is 0 Å². The molecule has 0 heterocycles. The van der Waals surface area contributed by atoms with E-state index in [0.29, 0.717) is 11.5 Å². The molecule has 15 heavy (non-hydrogen) atoms. The number of aliphatic hydroxyl groups is 1. The first-order valence-electron chi connectivity index (χ1n) is 5.33. The summed E-state index contributed by atoms with van der Waals surface area (Å²) in [5, 5.41) is 19.7. The van der Waals surface area contributed by atoms with E-state index in [-0.39, 0.29) is 5.75 Å². The van der Waals surface area contributed by atoms with E-state index in [0.717, 1.165) is 18.4 Å². The fourth-order valence-electron chi connectivity index (χ4n) is 1.87. The highest BCUT2D eigenvalue weighted by Crippen LogP contribution is 2.39. The predicted octanol–water partition coefficient (Wildman–Crippen LogP) is 1.47. The molecule has 2 atom stereocenters. The third kappa shape index (κ3) is 1.98. The minimum absolute atomic E-state index is 0.213. The van der Waals surface area contributed by atoms with Crippen LogP contribution in [0.4, 0.5) is 0 Å². The standard InChI is InChI=1S/C12H17NO2/c1-7-3-2-4-9(11(7)14)10(13)12(15)8-5-6-8/h2-4,8,10,12,14-15H,5-6,13H2,1H3/t10-,12+/m1/s1. The van der Waals surface area contributed by atoms with Crippen LogP contribution in [0.3, 0.4) is 0 Å². The Labute approximate surface area is 89.5 Å². The van der Waals surface area contributed by atoms with Crippen molar-refractivity contribution in [3.63, 3.8) is 0 Å². The van der Waals surface area contributed by atoms with E-state index in [2.05, 4.69) is 0 Å². The fraction of sp³-hybridized carbons (Fsp3) is 0.500. The first-order chi connectivity index (χ1) is 7.11. The number of hydrogen-bond donors (Lipinski definition) is 3. The lowest BCUT2D eigenvalue weighted by molar-refractivity contribution is 0.121. The van der Waals surface area contributed by atoms with Crippen molar-refractivity contribution in [2.24, 2.45) is 11.7 Å². The van der Waals surface area contributed by atoms with Gasteiger partial charge in [0, 0.05) is 5.56 Å². The molecule has 4 N–H and O–H groups in total. The van der Waals surface area contributed by atoms with Gasteiger partial charge >= 0.3 is 0 Å². The maximum atomic E-state index is 9.89. The van der Waals surface area contributed by atoms with E-state index >= 15 is 0 Å². The van der Waals surface area contributed by atoms with E-state index in [1.54, 1.807) is 6.07 Å². The lowest BCUT2D eigenvalue weighted by Gasteiger charge is -2.20. The van der Waals surface area contributed by atoms with Crippen molar-refractivity contribution >= 4 is 0 Å². The zero-order valence-corrected chi connectivity index (χ0v) is 8.85. The van der Waals surface area contributed by atoms with Crippen LogP contribution < -0.4 is 5.73 Å². The Morgan fingerprint density at radius 3 is 2.67 bits per heavy atom. The molecule has 1 fully saturated rings. The number of para-hydroxylation sites is 1. The van der Waals surface area contributed by atoms with E-state index in [9.17, 15) is 10.2 Å². The molecule has 3 heteroatoms. The van der Waals surface area contributed by atoms with Crippen molar-refractivity contribution in [3.05, 3.63) is 29.3 Å². The van der Waals surface area contributed by atoms with Crippen LogP contribution in [0.25, 0.3) is 0 Å². The van der Waals surface area contributed by atoms with Gasteiger partial charge in [-0.3, -0.25) is 0 Å². The smallest absolute Gasteiger partial charge is 0.123 e. The summed E-state index contributed by atoms with van der Waals surface area (Å²) in [6.07, 6.45) is 1.56. The van der Waals surface area contributed by atoms with Crippen molar-refractivity contribution in [2.45, 2.75) is 31.9 Å². The van der Waals surface area contributed by atoms with Crippen LogP contribution in [0.2, 0.25) is 0 Å². The van der Waals surface area contributed by atoms with Gasteiger partial charge in [-0.25, -0.2) is 0 Å². The van der Waals surface area contributed by atoms with Gasteiger partial charge in [-0.2, -0.15) is 0 Å². The number of benzene rings is 1.